The van der Waals surface area contributed by atoms with Gasteiger partial charge in [-0.25, -0.2) is 4.68 Å². The Hall–Kier alpha value is -2.25. The van der Waals surface area contributed by atoms with Crippen molar-refractivity contribution in [2.45, 2.75) is 44.9 Å². The minimum absolute atomic E-state index is 0.00804. The first-order valence-corrected chi connectivity index (χ1v) is 9.75. The predicted octanol–water partition coefficient (Wildman–Crippen LogP) is 2.11. The summed E-state index contributed by atoms with van der Waals surface area (Å²) in [5.41, 5.74) is 2.41. The largest absolute Gasteiger partial charge is 0.374 e. The molecule has 7 nitrogen and oxygen atoms in total. The van der Waals surface area contributed by atoms with E-state index >= 15 is 0 Å². The lowest BCUT2D eigenvalue weighted by molar-refractivity contribution is -0.0449. The minimum atomic E-state index is -0.0988. The Kier molecular flexibility index (Phi) is 5.22. The van der Waals surface area contributed by atoms with Crippen molar-refractivity contribution in [2.24, 2.45) is 0 Å². The number of carbonyl (C=O) groups is 1. The van der Waals surface area contributed by atoms with E-state index in [1.165, 1.54) is 0 Å². The van der Waals surface area contributed by atoms with Gasteiger partial charge in [0.1, 0.15) is 0 Å². The summed E-state index contributed by atoms with van der Waals surface area (Å²) in [6.07, 6.45) is 2.03. The fraction of sp³-hybridized carbons (Fsp3) is 0.550. The van der Waals surface area contributed by atoms with Crippen LogP contribution in [0.2, 0.25) is 0 Å². The number of hydrogen-bond acceptors (Lipinski definition) is 5. The monoisotopic (exact) mass is 369 g/mol. The molecule has 4 rings (SSSR count). The molecule has 144 valence electrons. The van der Waals surface area contributed by atoms with Crippen LogP contribution in [-0.4, -0.2) is 58.1 Å². The van der Waals surface area contributed by atoms with Crippen molar-refractivity contribution in [1.29, 1.82) is 0 Å². The van der Waals surface area contributed by atoms with Crippen molar-refractivity contribution in [1.82, 2.24) is 25.2 Å². The van der Waals surface area contributed by atoms with Crippen molar-refractivity contribution >= 4 is 5.91 Å². The average molecular weight is 369 g/mol. The van der Waals surface area contributed by atoms with Crippen LogP contribution in [0.3, 0.4) is 0 Å². The van der Waals surface area contributed by atoms with Gasteiger partial charge >= 0.3 is 0 Å². The molecule has 0 aliphatic carbocycles. The number of piperidine rings is 1. The molecular weight excluding hydrogens is 342 g/mol. The number of aromatic nitrogens is 3. The van der Waals surface area contributed by atoms with Gasteiger partial charge in [0, 0.05) is 6.54 Å². The molecule has 2 fully saturated rings. The van der Waals surface area contributed by atoms with Gasteiger partial charge in [0.2, 0.25) is 0 Å². The van der Waals surface area contributed by atoms with Crippen LogP contribution in [0, 0.1) is 6.92 Å². The molecule has 0 radical (unpaired) electrons. The summed E-state index contributed by atoms with van der Waals surface area (Å²) < 4.78 is 7.79. The van der Waals surface area contributed by atoms with E-state index in [4.69, 9.17) is 4.74 Å². The van der Waals surface area contributed by atoms with Gasteiger partial charge in [0.05, 0.1) is 30.5 Å². The van der Waals surface area contributed by atoms with Gasteiger partial charge in [-0.1, -0.05) is 35.5 Å². The highest BCUT2D eigenvalue weighted by atomic mass is 16.5. The Morgan fingerprint density at radius 3 is 2.70 bits per heavy atom. The van der Waals surface area contributed by atoms with E-state index in [9.17, 15) is 4.79 Å². The third kappa shape index (κ3) is 3.61. The van der Waals surface area contributed by atoms with Gasteiger partial charge < -0.3 is 15.0 Å². The zero-order valence-electron chi connectivity index (χ0n) is 16.0. The molecule has 0 unspecified atom stereocenters. The number of carbonyl (C=O) groups excluding carboxylic acids is 1. The molecule has 2 atom stereocenters. The van der Waals surface area contributed by atoms with Crippen LogP contribution in [-0.2, 0) is 4.74 Å². The Morgan fingerprint density at radius 1 is 1.22 bits per heavy atom. The molecule has 2 aliphatic heterocycles. The Morgan fingerprint density at radius 2 is 1.96 bits per heavy atom. The second kappa shape index (κ2) is 7.78. The molecule has 0 bridgehead atoms. The third-order valence-electron chi connectivity index (χ3n) is 5.60. The van der Waals surface area contributed by atoms with Gasteiger partial charge in [-0.3, -0.25) is 4.79 Å². The molecule has 0 saturated carbocycles. The number of hydrogen-bond donors (Lipinski definition) is 1. The maximum absolute atomic E-state index is 13.4. The first-order valence-electron chi connectivity index (χ1n) is 9.75. The molecule has 0 spiro atoms. The van der Waals surface area contributed by atoms with Crippen LogP contribution in [0.4, 0.5) is 0 Å². The summed E-state index contributed by atoms with van der Waals surface area (Å²) in [7, 11) is 0. The minimum Gasteiger partial charge on any atom is -0.374 e. The lowest BCUT2D eigenvalue weighted by atomic mass is 10.0. The van der Waals surface area contributed by atoms with E-state index in [1.54, 1.807) is 0 Å². The summed E-state index contributed by atoms with van der Waals surface area (Å²) >= 11 is 0. The summed E-state index contributed by atoms with van der Waals surface area (Å²) in [4.78, 5) is 15.3. The molecule has 7 heteroatoms. The zero-order valence-corrected chi connectivity index (χ0v) is 16.0. The van der Waals surface area contributed by atoms with E-state index in [1.807, 2.05) is 53.8 Å². The van der Waals surface area contributed by atoms with Crippen molar-refractivity contribution in [3.8, 4) is 0 Å². The van der Waals surface area contributed by atoms with Crippen molar-refractivity contribution in [2.75, 3.05) is 26.2 Å². The number of amides is 1. The van der Waals surface area contributed by atoms with Gasteiger partial charge in [-0.05, 0) is 45.3 Å². The van der Waals surface area contributed by atoms with E-state index in [0.29, 0.717) is 24.9 Å². The van der Waals surface area contributed by atoms with E-state index in [0.717, 1.165) is 37.2 Å². The predicted molar refractivity (Wildman–Crippen MR) is 102 cm³/mol. The molecule has 2 aromatic rings. The molecule has 1 aromatic heterocycles. The highest BCUT2D eigenvalue weighted by molar-refractivity contribution is 5.93. The maximum Gasteiger partial charge on any atom is 0.277 e. The lowest BCUT2D eigenvalue weighted by Gasteiger charge is -2.38. The summed E-state index contributed by atoms with van der Waals surface area (Å²) in [5, 5.41) is 12.0. The van der Waals surface area contributed by atoms with Crippen molar-refractivity contribution in [3.63, 3.8) is 0 Å². The van der Waals surface area contributed by atoms with E-state index in [-0.39, 0.29) is 18.1 Å². The van der Waals surface area contributed by atoms with Gasteiger partial charge in [-0.15, -0.1) is 5.10 Å². The smallest absolute Gasteiger partial charge is 0.277 e. The van der Waals surface area contributed by atoms with Crippen LogP contribution in [0.1, 0.15) is 53.6 Å². The van der Waals surface area contributed by atoms with Crippen LogP contribution >= 0.6 is 0 Å². The van der Waals surface area contributed by atoms with Crippen molar-refractivity contribution < 1.29 is 9.53 Å². The number of benzene rings is 1. The molecule has 1 aromatic carbocycles. The SMILES string of the molecule is Cc1c(C(=O)N2C[C@H](C)OC[C@H]2c2ccccc2)nnn1C1CCNCC1. The summed E-state index contributed by atoms with van der Waals surface area (Å²) in [6.45, 7) is 6.96. The van der Waals surface area contributed by atoms with Crippen LogP contribution < -0.4 is 5.32 Å². The highest BCUT2D eigenvalue weighted by Gasteiger charge is 2.35. The number of ether oxygens (including phenoxy) is 1. The summed E-state index contributed by atoms with van der Waals surface area (Å²) in [6, 6.07) is 10.3. The quantitative estimate of drug-likeness (QED) is 0.897. The Labute approximate surface area is 159 Å². The normalized spacial score (nSPS) is 24.1. The molecule has 1 N–H and O–H groups in total. The second-order valence-electron chi connectivity index (χ2n) is 7.48. The number of morpholine rings is 1. The first kappa shape index (κ1) is 18.1. The molecule has 3 heterocycles. The van der Waals surface area contributed by atoms with Crippen LogP contribution in [0.5, 0.6) is 0 Å². The molecule has 2 aliphatic rings. The van der Waals surface area contributed by atoms with Gasteiger partial charge in [0.15, 0.2) is 5.69 Å². The van der Waals surface area contributed by atoms with Crippen molar-refractivity contribution in [3.05, 3.63) is 47.3 Å². The van der Waals surface area contributed by atoms with E-state index < -0.39 is 0 Å². The molecule has 1 amide bonds. The fourth-order valence-electron chi connectivity index (χ4n) is 4.05. The lowest BCUT2D eigenvalue weighted by Crippen LogP contribution is -2.47. The van der Waals surface area contributed by atoms with Gasteiger partial charge in [0.25, 0.3) is 5.91 Å². The first-order chi connectivity index (χ1) is 13.1. The molecule has 2 saturated heterocycles. The van der Waals surface area contributed by atoms with Crippen LogP contribution in [0.15, 0.2) is 30.3 Å². The number of nitrogens with one attached hydrogen (secondary N) is 1. The standard InChI is InChI=1S/C20H27N5O2/c1-14-12-24(18(13-27-14)16-6-4-3-5-7-16)20(26)19-15(2)25(23-22-19)17-8-10-21-11-9-17/h3-7,14,17-18,21H,8-13H2,1-2H3/t14-,18-/m0/s1. The zero-order chi connectivity index (χ0) is 18.8. The highest BCUT2D eigenvalue weighted by Crippen LogP contribution is 2.29. The topological polar surface area (TPSA) is 72.3 Å². The second-order valence-corrected chi connectivity index (χ2v) is 7.48. The number of rotatable bonds is 3. The van der Waals surface area contributed by atoms with Crippen LogP contribution in [0.25, 0.3) is 0 Å². The Bertz CT molecular complexity index is 785. The third-order valence-corrected chi connectivity index (χ3v) is 5.60. The molecule has 27 heavy (non-hydrogen) atoms. The fourth-order valence-corrected chi connectivity index (χ4v) is 4.05. The Balaban J connectivity index is 1.61. The van der Waals surface area contributed by atoms with E-state index in [2.05, 4.69) is 15.6 Å². The summed E-state index contributed by atoms with van der Waals surface area (Å²) in [5.74, 6) is -0.0586. The van der Waals surface area contributed by atoms with Gasteiger partial charge in [-0.2, -0.15) is 0 Å². The average Bonchev–Trinajstić information content (AvgIpc) is 3.10. The number of nitrogens with zero attached hydrogens (tertiary/aromatic N) is 4. The maximum atomic E-state index is 13.4. The molecular formula is C20H27N5O2.